The smallest absolute Gasteiger partial charge is 0.281 e. The van der Waals surface area contributed by atoms with Crippen LogP contribution < -0.4 is 16.0 Å². The van der Waals surface area contributed by atoms with Gasteiger partial charge in [-0.05, 0) is 42.8 Å². The number of hydrazine groups is 1. The molecule has 0 unspecified atom stereocenters. The van der Waals surface area contributed by atoms with Crippen LogP contribution in [-0.4, -0.2) is 13.4 Å². The SMILES string of the molecule is Cc1cc(F)cc(NS(=O)(=O)c2ncccc2NN)c1. The molecule has 8 heteroatoms. The van der Waals surface area contributed by atoms with Crippen LogP contribution in [0.3, 0.4) is 0 Å². The summed E-state index contributed by atoms with van der Waals surface area (Å²) in [4.78, 5) is 3.78. The summed E-state index contributed by atoms with van der Waals surface area (Å²) in [6.45, 7) is 1.66. The normalized spacial score (nSPS) is 11.2. The quantitative estimate of drug-likeness (QED) is 0.588. The first-order chi connectivity index (χ1) is 9.42. The lowest BCUT2D eigenvalue weighted by Gasteiger charge is -2.11. The highest BCUT2D eigenvalue weighted by Gasteiger charge is 2.20. The maximum absolute atomic E-state index is 13.3. The fourth-order valence-corrected chi connectivity index (χ4v) is 2.85. The zero-order valence-corrected chi connectivity index (χ0v) is 11.4. The van der Waals surface area contributed by atoms with E-state index in [1.807, 2.05) is 0 Å². The van der Waals surface area contributed by atoms with Gasteiger partial charge in [-0.2, -0.15) is 8.42 Å². The van der Waals surface area contributed by atoms with E-state index < -0.39 is 15.8 Å². The summed E-state index contributed by atoms with van der Waals surface area (Å²) in [5, 5.41) is -0.260. The average molecular weight is 296 g/mol. The lowest BCUT2D eigenvalue weighted by atomic mass is 10.2. The monoisotopic (exact) mass is 296 g/mol. The molecular formula is C12H13FN4O2S. The van der Waals surface area contributed by atoms with E-state index in [0.29, 0.717) is 5.56 Å². The van der Waals surface area contributed by atoms with E-state index in [1.54, 1.807) is 13.0 Å². The summed E-state index contributed by atoms with van der Waals surface area (Å²) < 4.78 is 40.0. The Kier molecular flexibility index (Phi) is 3.86. The first-order valence-electron chi connectivity index (χ1n) is 5.64. The molecule has 0 aliphatic heterocycles. The van der Waals surface area contributed by atoms with Crippen LogP contribution >= 0.6 is 0 Å². The van der Waals surface area contributed by atoms with Crippen LogP contribution in [-0.2, 0) is 10.0 Å². The number of pyridine rings is 1. The Labute approximate surface area is 115 Å². The number of anilines is 2. The molecule has 0 amide bonds. The molecule has 0 aliphatic carbocycles. The van der Waals surface area contributed by atoms with E-state index in [9.17, 15) is 12.8 Å². The minimum atomic E-state index is -3.96. The minimum Gasteiger partial charge on any atom is -0.321 e. The molecule has 0 spiro atoms. The predicted molar refractivity (Wildman–Crippen MR) is 74.0 cm³/mol. The number of hydrogen-bond acceptors (Lipinski definition) is 5. The van der Waals surface area contributed by atoms with Crippen molar-refractivity contribution in [1.82, 2.24) is 4.98 Å². The number of sulfonamides is 1. The number of halogens is 1. The standard InChI is InChI=1S/C12H13FN4O2S/c1-8-5-9(13)7-10(6-8)17-20(18,19)12-11(16-14)3-2-4-15-12/h2-7,16-17H,14H2,1H3. The second-order valence-electron chi connectivity index (χ2n) is 4.12. The van der Waals surface area contributed by atoms with Crippen molar-refractivity contribution < 1.29 is 12.8 Å². The molecule has 2 aromatic rings. The van der Waals surface area contributed by atoms with E-state index in [2.05, 4.69) is 15.1 Å². The number of benzene rings is 1. The highest BCUT2D eigenvalue weighted by molar-refractivity contribution is 7.92. The number of nitrogens with zero attached hydrogens (tertiary/aromatic N) is 1. The number of aryl methyl sites for hydroxylation is 1. The minimum absolute atomic E-state index is 0.121. The largest absolute Gasteiger partial charge is 0.321 e. The third-order valence-corrected chi connectivity index (χ3v) is 3.81. The predicted octanol–water partition coefficient (Wildman–Crippen LogP) is 1.62. The summed E-state index contributed by atoms with van der Waals surface area (Å²) in [7, 11) is -3.96. The van der Waals surface area contributed by atoms with Crippen LogP contribution in [0, 0.1) is 12.7 Å². The van der Waals surface area contributed by atoms with Crippen molar-refractivity contribution in [2.24, 2.45) is 5.84 Å². The van der Waals surface area contributed by atoms with E-state index in [0.717, 1.165) is 6.07 Å². The Balaban J connectivity index is 2.41. The molecular weight excluding hydrogens is 283 g/mol. The highest BCUT2D eigenvalue weighted by Crippen LogP contribution is 2.21. The third-order valence-electron chi connectivity index (χ3n) is 2.48. The highest BCUT2D eigenvalue weighted by atomic mass is 32.2. The zero-order chi connectivity index (χ0) is 14.8. The summed E-state index contributed by atoms with van der Waals surface area (Å²) in [6.07, 6.45) is 1.33. The molecule has 0 atom stereocenters. The Morgan fingerprint density at radius 2 is 2.05 bits per heavy atom. The van der Waals surface area contributed by atoms with Crippen molar-refractivity contribution in [3.05, 3.63) is 47.9 Å². The number of nitrogens with one attached hydrogen (secondary N) is 2. The first kappa shape index (κ1) is 14.2. The molecule has 0 bridgehead atoms. The number of nitrogens with two attached hydrogens (primary N) is 1. The fraction of sp³-hybridized carbons (Fsp3) is 0.0833. The molecule has 0 fully saturated rings. The second-order valence-corrected chi connectivity index (χ2v) is 5.72. The van der Waals surface area contributed by atoms with Crippen LogP contribution in [0.15, 0.2) is 41.6 Å². The van der Waals surface area contributed by atoms with Gasteiger partial charge in [0.1, 0.15) is 5.82 Å². The van der Waals surface area contributed by atoms with Gasteiger partial charge >= 0.3 is 0 Å². The van der Waals surface area contributed by atoms with E-state index in [-0.39, 0.29) is 16.4 Å². The second kappa shape index (κ2) is 5.43. The molecule has 2 rings (SSSR count). The van der Waals surface area contributed by atoms with Crippen LogP contribution in [0.1, 0.15) is 5.56 Å². The topological polar surface area (TPSA) is 97.1 Å². The van der Waals surface area contributed by atoms with Crippen molar-refractivity contribution in [1.29, 1.82) is 0 Å². The van der Waals surface area contributed by atoms with Gasteiger partial charge in [-0.15, -0.1) is 0 Å². The molecule has 20 heavy (non-hydrogen) atoms. The van der Waals surface area contributed by atoms with Gasteiger partial charge in [-0.3, -0.25) is 10.6 Å². The molecule has 6 nitrogen and oxygen atoms in total. The van der Waals surface area contributed by atoms with Crippen molar-refractivity contribution in [2.75, 3.05) is 10.1 Å². The number of rotatable bonds is 4. The van der Waals surface area contributed by atoms with Crippen molar-refractivity contribution in [3.63, 3.8) is 0 Å². The Morgan fingerprint density at radius 1 is 1.30 bits per heavy atom. The number of aromatic nitrogens is 1. The maximum Gasteiger partial charge on any atom is 0.281 e. The Bertz CT molecular complexity index is 714. The van der Waals surface area contributed by atoms with Crippen LogP contribution in [0.5, 0.6) is 0 Å². The van der Waals surface area contributed by atoms with Gasteiger partial charge in [0, 0.05) is 6.20 Å². The van der Waals surface area contributed by atoms with Gasteiger partial charge in [0.2, 0.25) is 5.03 Å². The van der Waals surface area contributed by atoms with Gasteiger partial charge in [0.05, 0.1) is 11.4 Å². The van der Waals surface area contributed by atoms with Crippen LogP contribution in [0.25, 0.3) is 0 Å². The molecule has 106 valence electrons. The molecule has 1 heterocycles. The number of hydrogen-bond donors (Lipinski definition) is 3. The van der Waals surface area contributed by atoms with Gasteiger partial charge in [0.15, 0.2) is 0 Å². The molecule has 0 saturated heterocycles. The molecule has 0 radical (unpaired) electrons. The molecule has 0 aliphatic rings. The fourth-order valence-electron chi connectivity index (χ4n) is 1.71. The van der Waals surface area contributed by atoms with E-state index in [4.69, 9.17) is 5.84 Å². The third kappa shape index (κ3) is 3.03. The first-order valence-corrected chi connectivity index (χ1v) is 7.12. The maximum atomic E-state index is 13.3. The number of nitrogen functional groups attached to an aromatic ring is 1. The van der Waals surface area contributed by atoms with Gasteiger partial charge in [-0.1, -0.05) is 0 Å². The summed E-state index contributed by atoms with van der Waals surface area (Å²) in [5.41, 5.74) is 3.12. The van der Waals surface area contributed by atoms with Crippen molar-refractivity contribution in [2.45, 2.75) is 11.9 Å². The molecule has 1 aromatic carbocycles. The zero-order valence-electron chi connectivity index (χ0n) is 10.6. The van der Waals surface area contributed by atoms with E-state index >= 15 is 0 Å². The lowest BCUT2D eigenvalue weighted by Crippen LogP contribution is -2.19. The summed E-state index contributed by atoms with van der Waals surface area (Å²) >= 11 is 0. The van der Waals surface area contributed by atoms with E-state index in [1.165, 1.54) is 24.4 Å². The average Bonchev–Trinajstić information content (AvgIpc) is 2.36. The van der Waals surface area contributed by atoms with Gasteiger partial charge in [-0.25, -0.2) is 9.37 Å². The Hall–Kier alpha value is -2.19. The lowest BCUT2D eigenvalue weighted by molar-refractivity contribution is 0.598. The summed E-state index contributed by atoms with van der Waals surface area (Å²) in [5.74, 6) is 4.72. The van der Waals surface area contributed by atoms with Crippen molar-refractivity contribution in [3.8, 4) is 0 Å². The van der Waals surface area contributed by atoms with Crippen molar-refractivity contribution >= 4 is 21.4 Å². The van der Waals surface area contributed by atoms with Crippen LogP contribution in [0.4, 0.5) is 15.8 Å². The Morgan fingerprint density at radius 3 is 2.70 bits per heavy atom. The molecule has 4 N–H and O–H groups in total. The van der Waals surface area contributed by atoms with Crippen LogP contribution in [0.2, 0.25) is 0 Å². The van der Waals surface area contributed by atoms with Gasteiger partial charge in [0.25, 0.3) is 10.0 Å². The van der Waals surface area contributed by atoms with Gasteiger partial charge < -0.3 is 5.43 Å². The molecule has 1 aromatic heterocycles. The molecule has 0 saturated carbocycles. The summed E-state index contributed by atoms with van der Waals surface area (Å²) in [6, 6.07) is 6.91.